The lowest BCUT2D eigenvalue weighted by molar-refractivity contribution is 0.0636. The molecule has 1 aromatic heterocycles. The van der Waals surface area contributed by atoms with Gasteiger partial charge in [-0.25, -0.2) is 9.78 Å². The average molecular weight is 587 g/mol. The summed E-state index contributed by atoms with van der Waals surface area (Å²) in [4.78, 5) is 25.3. The maximum Gasteiger partial charge on any atom is 0.412 e. The van der Waals surface area contributed by atoms with Gasteiger partial charge in [-0.15, -0.1) is 0 Å². The molecule has 2 aromatic carbocycles. The van der Waals surface area contributed by atoms with Crippen LogP contribution in [0.3, 0.4) is 0 Å². The molecule has 0 aliphatic rings. The number of hydrogen-bond acceptors (Lipinski definition) is 11. The number of methoxy groups -OCH3 is 2. The number of carbonyl (C=O) groups is 1. The molecule has 12 nitrogen and oxygen atoms in total. The van der Waals surface area contributed by atoms with Gasteiger partial charge in [-0.2, -0.15) is 4.98 Å². The number of hydrogen-bond donors (Lipinski definition) is 4. The lowest BCUT2D eigenvalue weighted by Gasteiger charge is -2.24. The molecule has 1 amide bonds. The third kappa shape index (κ3) is 8.92. The van der Waals surface area contributed by atoms with Crippen molar-refractivity contribution in [3.05, 3.63) is 41.6 Å². The van der Waals surface area contributed by atoms with E-state index in [4.69, 9.17) is 31.5 Å². The third-order valence-corrected chi connectivity index (χ3v) is 6.01. The lowest BCUT2D eigenvalue weighted by atomic mass is 10.2. The van der Waals surface area contributed by atoms with Crippen LogP contribution >= 0.6 is 11.6 Å². The van der Waals surface area contributed by atoms with E-state index in [-0.39, 0.29) is 11.0 Å². The van der Waals surface area contributed by atoms with Crippen LogP contribution in [0, 0.1) is 0 Å². The summed E-state index contributed by atoms with van der Waals surface area (Å²) in [6, 6.07) is 8.73. The van der Waals surface area contributed by atoms with Crippen molar-refractivity contribution in [1.29, 1.82) is 0 Å². The second kappa shape index (κ2) is 13.5. The first-order valence-corrected chi connectivity index (χ1v) is 13.3. The zero-order valence-corrected chi connectivity index (χ0v) is 25.5. The van der Waals surface area contributed by atoms with Crippen LogP contribution in [0.5, 0.6) is 11.5 Å². The predicted octanol–water partition coefficient (Wildman–Crippen LogP) is 5.56. The van der Waals surface area contributed by atoms with E-state index in [1.165, 1.54) is 13.3 Å². The second-order valence-electron chi connectivity index (χ2n) is 10.5. The van der Waals surface area contributed by atoms with Crippen LogP contribution in [0.15, 0.2) is 36.5 Å². The summed E-state index contributed by atoms with van der Waals surface area (Å²) in [6.45, 7) is 7.04. The highest BCUT2D eigenvalue weighted by molar-refractivity contribution is 6.33. The molecule has 0 spiro atoms. The summed E-state index contributed by atoms with van der Waals surface area (Å²) in [5.74, 6) is 1.64. The van der Waals surface area contributed by atoms with Crippen molar-refractivity contribution in [3.63, 3.8) is 0 Å². The van der Waals surface area contributed by atoms with Gasteiger partial charge in [0.2, 0.25) is 5.95 Å². The van der Waals surface area contributed by atoms with Crippen LogP contribution in [0.4, 0.5) is 45.0 Å². The van der Waals surface area contributed by atoms with E-state index in [0.29, 0.717) is 40.1 Å². The first-order chi connectivity index (χ1) is 19.3. The van der Waals surface area contributed by atoms with Gasteiger partial charge in [-0.3, -0.25) is 5.32 Å². The van der Waals surface area contributed by atoms with Crippen LogP contribution in [-0.2, 0) is 4.74 Å². The number of likely N-dealkylation sites (N-methyl/N-ethyl adjacent to an activating group) is 2. The Balaban J connectivity index is 1.85. The van der Waals surface area contributed by atoms with Crippen molar-refractivity contribution < 1.29 is 19.0 Å². The number of nitrogens with one attached hydrogen (secondary N) is 3. The third-order valence-electron chi connectivity index (χ3n) is 5.73. The molecule has 13 heteroatoms. The number of rotatable bonds is 11. The second-order valence-corrected chi connectivity index (χ2v) is 10.9. The number of aromatic nitrogens is 2. The summed E-state index contributed by atoms with van der Waals surface area (Å²) >= 11 is 6.43. The van der Waals surface area contributed by atoms with Crippen LogP contribution in [0.25, 0.3) is 0 Å². The number of nitrogens with zero attached hydrogens (tertiary/aromatic N) is 4. The number of benzene rings is 2. The lowest BCUT2D eigenvalue weighted by Crippen LogP contribution is -2.29. The van der Waals surface area contributed by atoms with Crippen molar-refractivity contribution in [2.45, 2.75) is 26.4 Å². The maximum atomic E-state index is 12.3. The molecule has 3 rings (SSSR count). The molecular formula is C28H39ClN8O4. The minimum atomic E-state index is -0.634. The Morgan fingerprint density at radius 3 is 2.32 bits per heavy atom. The fourth-order valence-electron chi connectivity index (χ4n) is 3.72. The Hall–Kier alpha value is -4.16. The number of carbonyl (C=O) groups excluding carboxylic acids is 1. The van der Waals surface area contributed by atoms with E-state index in [1.54, 1.807) is 52.1 Å². The molecule has 222 valence electrons. The van der Waals surface area contributed by atoms with Crippen molar-refractivity contribution in [3.8, 4) is 11.5 Å². The van der Waals surface area contributed by atoms with E-state index in [0.717, 1.165) is 18.8 Å². The van der Waals surface area contributed by atoms with Gasteiger partial charge in [-0.05, 0) is 59.1 Å². The molecule has 0 bridgehead atoms. The predicted molar refractivity (Wildman–Crippen MR) is 166 cm³/mol. The summed E-state index contributed by atoms with van der Waals surface area (Å²) < 4.78 is 16.5. The van der Waals surface area contributed by atoms with Gasteiger partial charge in [0, 0.05) is 31.9 Å². The highest BCUT2D eigenvalue weighted by Crippen LogP contribution is 2.37. The number of anilines is 7. The average Bonchev–Trinajstić information content (AvgIpc) is 2.88. The Morgan fingerprint density at radius 2 is 1.68 bits per heavy atom. The van der Waals surface area contributed by atoms with Gasteiger partial charge in [0.15, 0.2) is 5.82 Å². The fourth-order valence-corrected chi connectivity index (χ4v) is 3.86. The molecule has 3 aromatic rings. The molecule has 0 saturated heterocycles. The van der Waals surface area contributed by atoms with Gasteiger partial charge in [0.25, 0.3) is 0 Å². The first kappa shape index (κ1) is 31.4. The van der Waals surface area contributed by atoms with Crippen molar-refractivity contribution in [2.75, 3.05) is 75.0 Å². The maximum absolute atomic E-state index is 12.3. The highest BCUT2D eigenvalue weighted by Gasteiger charge is 2.18. The van der Waals surface area contributed by atoms with E-state index in [9.17, 15) is 4.79 Å². The quantitative estimate of drug-likeness (QED) is 0.210. The van der Waals surface area contributed by atoms with Gasteiger partial charge < -0.3 is 40.4 Å². The standard InChI is InChI=1S/C28H39ClN8O4/c1-28(2,3)41-27(38)32-17-9-10-23(39-7)20(13-17)33-25-18(29)16-31-26(35-25)34-21-14-19(30)22(15-24(21)40-8)37(6)12-11-36(4)5/h9-10,13-16H,11-12,30H2,1-8H3,(H,32,38)(H2,31,33,34,35). The number of nitrogens with two attached hydrogens (primary N) is 1. The summed E-state index contributed by atoms with van der Waals surface area (Å²) in [5.41, 5.74) is 8.77. The minimum absolute atomic E-state index is 0.255. The van der Waals surface area contributed by atoms with E-state index in [1.807, 2.05) is 27.2 Å². The highest BCUT2D eigenvalue weighted by atomic mass is 35.5. The van der Waals surface area contributed by atoms with E-state index < -0.39 is 11.7 Å². The zero-order valence-electron chi connectivity index (χ0n) is 24.8. The molecule has 0 aliphatic heterocycles. The van der Waals surface area contributed by atoms with E-state index in [2.05, 4.69) is 35.7 Å². The minimum Gasteiger partial charge on any atom is -0.495 e. The number of ether oxygens (including phenoxy) is 3. The van der Waals surface area contributed by atoms with Crippen molar-refractivity contribution in [2.24, 2.45) is 0 Å². The number of amides is 1. The Labute approximate surface area is 246 Å². The van der Waals surface area contributed by atoms with Crippen LogP contribution in [0.2, 0.25) is 5.02 Å². The smallest absolute Gasteiger partial charge is 0.412 e. The molecule has 0 fully saturated rings. The Morgan fingerprint density at radius 1 is 1.00 bits per heavy atom. The molecule has 0 saturated carbocycles. The molecule has 0 radical (unpaired) electrons. The largest absolute Gasteiger partial charge is 0.495 e. The summed E-state index contributed by atoms with van der Waals surface area (Å²) in [5, 5.41) is 9.31. The zero-order chi connectivity index (χ0) is 30.3. The molecule has 0 aliphatic carbocycles. The Kier molecular flexibility index (Phi) is 10.3. The monoisotopic (exact) mass is 586 g/mol. The number of nitrogen functional groups attached to an aromatic ring is 1. The first-order valence-electron chi connectivity index (χ1n) is 12.9. The van der Waals surface area contributed by atoms with Gasteiger partial charge in [0.1, 0.15) is 22.1 Å². The van der Waals surface area contributed by atoms with Gasteiger partial charge in [-0.1, -0.05) is 11.6 Å². The SMILES string of the molecule is COc1cc(N(C)CCN(C)C)c(N)cc1Nc1ncc(Cl)c(Nc2cc(NC(=O)OC(C)(C)C)ccc2OC)n1. The van der Waals surface area contributed by atoms with Crippen LogP contribution in [-0.4, -0.2) is 75.0 Å². The Bertz CT molecular complexity index is 1360. The molecule has 0 atom stereocenters. The molecular weight excluding hydrogens is 548 g/mol. The molecule has 41 heavy (non-hydrogen) atoms. The summed E-state index contributed by atoms with van der Waals surface area (Å²) in [6.07, 6.45) is 0.886. The summed E-state index contributed by atoms with van der Waals surface area (Å²) in [7, 11) is 9.14. The number of halogens is 1. The van der Waals surface area contributed by atoms with Crippen LogP contribution < -0.4 is 36.1 Å². The molecule has 5 N–H and O–H groups in total. The van der Waals surface area contributed by atoms with Crippen LogP contribution in [0.1, 0.15) is 20.8 Å². The van der Waals surface area contributed by atoms with Gasteiger partial charge >= 0.3 is 6.09 Å². The van der Waals surface area contributed by atoms with Gasteiger partial charge in [0.05, 0.1) is 43.2 Å². The fraction of sp³-hybridized carbons (Fsp3) is 0.393. The normalized spacial score (nSPS) is 11.2. The molecule has 0 unspecified atom stereocenters. The van der Waals surface area contributed by atoms with Crippen molar-refractivity contribution in [1.82, 2.24) is 14.9 Å². The molecule has 1 heterocycles. The van der Waals surface area contributed by atoms with Crippen molar-refractivity contribution >= 4 is 57.9 Å². The van der Waals surface area contributed by atoms with E-state index >= 15 is 0 Å². The topological polar surface area (TPSA) is 139 Å².